The van der Waals surface area contributed by atoms with Crippen LogP contribution in [0, 0.1) is 11.6 Å². The molecule has 0 fully saturated rings. The minimum absolute atomic E-state index is 0.0224. The molecule has 0 spiro atoms. The van der Waals surface area contributed by atoms with Crippen LogP contribution in [0.25, 0.3) is 17.3 Å². The van der Waals surface area contributed by atoms with Crippen molar-refractivity contribution in [2.75, 3.05) is 18.2 Å². The van der Waals surface area contributed by atoms with Crippen LogP contribution in [0.2, 0.25) is 0 Å². The van der Waals surface area contributed by atoms with Crippen LogP contribution < -0.4 is 10.1 Å². The van der Waals surface area contributed by atoms with Crippen molar-refractivity contribution in [1.82, 2.24) is 14.8 Å². The maximum atomic E-state index is 13.3. The van der Waals surface area contributed by atoms with Crippen LogP contribution in [-0.4, -0.2) is 33.5 Å². The van der Waals surface area contributed by atoms with Crippen LogP contribution in [0.15, 0.2) is 70.4 Å². The number of benzene rings is 2. The SMILES string of the molecule is COc1ccc(-n2c(SCC(=O)Nc3ccc(F)c(F)c3)nnc2-c2ccco2)cc1. The number of ether oxygens (including phenoxy) is 1. The summed E-state index contributed by atoms with van der Waals surface area (Å²) in [6.07, 6.45) is 1.53. The van der Waals surface area contributed by atoms with Crippen LogP contribution in [-0.2, 0) is 4.79 Å². The number of thioether (sulfide) groups is 1. The monoisotopic (exact) mass is 442 g/mol. The number of nitrogens with one attached hydrogen (secondary N) is 1. The van der Waals surface area contributed by atoms with Crippen molar-refractivity contribution in [2.24, 2.45) is 0 Å². The average Bonchev–Trinajstić information content (AvgIpc) is 3.44. The second-order valence-corrected chi connectivity index (χ2v) is 7.23. The second-order valence-electron chi connectivity index (χ2n) is 6.28. The van der Waals surface area contributed by atoms with Gasteiger partial charge in [0, 0.05) is 11.8 Å². The standard InChI is InChI=1S/C21H16F2N4O3S/c1-29-15-7-5-14(6-8-15)27-20(18-3-2-10-30-18)25-26-21(27)31-12-19(28)24-13-4-9-16(22)17(23)11-13/h2-11H,12H2,1H3,(H,24,28). The molecule has 2 aromatic carbocycles. The van der Waals surface area contributed by atoms with Crippen molar-refractivity contribution < 1.29 is 22.7 Å². The summed E-state index contributed by atoms with van der Waals surface area (Å²) in [5.41, 5.74) is 0.915. The van der Waals surface area contributed by atoms with E-state index in [0.717, 1.165) is 29.6 Å². The highest BCUT2D eigenvalue weighted by Gasteiger charge is 2.19. The lowest BCUT2D eigenvalue weighted by Crippen LogP contribution is -2.14. The summed E-state index contributed by atoms with van der Waals surface area (Å²) in [6, 6.07) is 13.9. The largest absolute Gasteiger partial charge is 0.497 e. The minimum atomic E-state index is -1.03. The van der Waals surface area contributed by atoms with Gasteiger partial charge >= 0.3 is 0 Å². The number of rotatable bonds is 7. The molecule has 0 saturated heterocycles. The number of aromatic nitrogens is 3. The molecule has 0 saturated carbocycles. The van der Waals surface area contributed by atoms with Crippen LogP contribution in [0.1, 0.15) is 0 Å². The molecule has 31 heavy (non-hydrogen) atoms. The highest BCUT2D eigenvalue weighted by molar-refractivity contribution is 7.99. The van der Waals surface area contributed by atoms with Gasteiger partial charge in [-0.05, 0) is 48.5 Å². The van der Waals surface area contributed by atoms with Crippen LogP contribution in [0.5, 0.6) is 5.75 Å². The zero-order valence-electron chi connectivity index (χ0n) is 16.2. The molecule has 1 N–H and O–H groups in total. The van der Waals surface area contributed by atoms with Crippen molar-refractivity contribution in [1.29, 1.82) is 0 Å². The third-order valence-electron chi connectivity index (χ3n) is 4.24. The Balaban J connectivity index is 1.56. The molecule has 0 aliphatic heterocycles. The van der Waals surface area contributed by atoms with Gasteiger partial charge in [0.15, 0.2) is 22.6 Å². The molecule has 0 bridgehead atoms. The maximum Gasteiger partial charge on any atom is 0.234 e. The number of nitrogens with zero attached hydrogens (tertiary/aromatic N) is 3. The first kappa shape index (κ1) is 20.6. The molecule has 10 heteroatoms. The molecule has 1 amide bonds. The van der Waals surface area contributed by atoms with Crippen LogP contribution in [0.3, 0.4) is 0 Å². The number of hydrogen-bond donors (Lipinski definition) is 1. The number of carbonyl (C=O) groups is 1. The van der Waals surface area contributed by atoms with E-state index in [1.807, 2.05) is 12.1 Å². The zero-order chi connectivity index (χ0) is 21.8. The fraction of sp³-hybridized carbons (Fsp3) is 0.0952. The van der Waals surface area contributed by atoms with Gasteiger partial charge in [-0.15, -0.1) is 10.2 Å². The molecule has 158 valence electrons. The maximum absolute atomic E-state index is 13.3. The molecule has 7 nitrogen and oxygen atoms in total. The van der Waals surface area contributed by atoms with E-state index in [-0.39, 0.29) is 11.4 Å². The first-order chi connectivity index (χ1) is 15.0. The number of hydrogen-bond acceptors (Lipinski definition) is 6. The van der Waals surface area contributed by atoms with Gasteiger partial charge in [0.25, 0.3) is 0 Å². The highest BCUT2D eigenvalue weighted by Crippen LogP contribution is 2.29. The van der Waals surface area contributed by atoms with Gasteiger partial charge in [0.05, 0.1) is 24.8 Å². The number of amides is 1. The lowest BCUT2D eigenvalue weighted by molar-refractivity contribution is -0.113. The van der Waals surface area contributed by atoms with Crippen molar-refractivity contribution >= 4 is 23.4 Å². The van der Waals surface area contributed by atoms with Gasteiger partial charge in [0.2, 0.25) is 11.7 Å². The van der Waals surface area contributed by atoms with E-state index in [4.69, 9.17) is 9.15 Å². The molecule has 4 rings (SSSR count). The first-order valence-corrected chi connectivity index (χ1v) is 10.0. The summed E-state index contributed by atoms with van der Waals surface area (Å²) >= 11 is 1.14. The van der Waals surface area contributed by atoms with Crippen molar-refractivity contribution in [3.8, 4) is 23.0 Å². The van der Waals surface area contributed by atoms with E-state index >= 15 is 0 Å². The van der Waals surface area contributed by atoms with Crippen molar-refractivity contribution in [3.05, 3.63) is 72.5 Å². The van der Waals surface area contributed by atoms with E-state index in [1.165, 1.54) is 12.3 Å². The molecular weight excluding hydrogens is 426 g/mol. The first-order valence-electron chi connectivity index (χ1n) is 9.06. The Morgan fingerprint density at radius 3 is 2.61 bits per heavy atom. The number of halogens is 2. The smallest absolute Gasteiger partial charge is 0.234 e. The Bertz CT molecular complexity index is 1190. The number of methoxy groups -OCH3 is 1. The Morgan fingerprint density at radius 2 is 1.94 bits per heavy atom. The summed E-state index contributed by atoms with van der Waals surface area (Å²) in [5.74, 6) is -0.763. The van der Waals surface area contributed by atoms with E-state index in [0.29, 0.717) is 22.5 Å². The molecule has 0 atom stereocenters. The highest BCUT2D eigenvalue weighted by atomic mass is 32.2. The molecule has 2 aromatic heterocycles. The van der Waals surface area contributed by atoms with Crippen molar-refractivity contribution in [3.63, 3.8) is 0 Å². The summed E-state index contributed by atoms with van der Waals surface area (Å²) in [7, 11) is 1.58. The van der Waals surface area contributed by atoms with Crippen molar-refractivity contribution in [2.45, 2.75) is 5.16 Å². The fourth-order valence-corrected chi connectivity index (χ4v) is 3.55. The molecular formula is C21H16F2N4O3S. The Hall–Kier alpha value is -3.66. The lowest BCUT2D eigenvalue weighted by Gasteiger charge is -2.10. The Labute approximate surface area is 180 Å². The number of furan rings is 1. The van der Waals surface area contributed by atoms with Crippen LogP contribution >= 0.6 is 11.8 Å². The summed E-state index contributed by atoms with van der Waals surface area (Å²) in [4.78, 5) is 12.3. The molecule has 0 aliphatic carbocycles. The van der Waals surface area contributed by atoms with E-state index in [1.54, 1.807) is 35.9 Å². The zero-order valence-corrected chi connectivity index (χ0v) is 17.0. The van der Waals surface area contributed by atoms with Gasteiger partial charge in [-0.25, -0.2) is 8.78 Å². The summed E-state index contributed by atoms with van der Waals surface area (Å²) in [5, 5.41) is 11.4. The average molecular weight is 442 g/mol. The van der Waals surface area contributed by atoms with E-state index in [9.17, 15) is 13.6 Å². The number of anilines is 1. The normalized spacial score (nSPS) is 10.8. The fourth-order valence-electron chi connectivity index (χ4n) is 2.79. The lowest BCUT2D eigenvalue weighted by atomic mass is 10.3. The molecule has 0 radical (unpaired) electrons. The predicted octanol–water partition coefficient (Wildman–Crippen LogP) is 4.54. The molecule has 0 unspecified atom stereocenters. The molecule has 2 heterocycles. The Kier molecular flexibility index (Phi) is 5.99. The van der Waals surface area contributed by atoms with Crippen LogP contribution in [0.4, 0.5) is 14.5 Å². The topological polar surface area (TPSA) is 82.2 Å². The van der Waals surface area contributed by atoms with Gasteiger partial charge in [-0.2, -0.15) is 0 Å². The Morgan fingerprint density at radius 1 is 1.13 bits per heavy atom. The molecule has 4 aromatic rings. The van der Waals surface area contributed by atoms with Gasteiger partial charge < -0.3 is 14.5 Å². The predicted molar refractivity (Wildman–Crippen MR) is 111 cm³/mol. The van der Waals surface area contributed by atoms with Gasteiger partial charge in [0.1, 0.15) is 5.75 Å². The summed E-state index contributed by atoms with van der Waals surface area (Å²) in [6.45, 7) is 0. The van der Waals surface area contributed by atoms with Gasteiger partial charge in [-0.3, -0.25) is 9.36 Å². The molecule has 0 aliphatic rings. The summed E-state index contributed by atoms with van der Waals surface area (Å²) < 4.78 is 38.8. The number of carbonyl (C=O) groups excluding carboxylic acids is 1. The third kappa shape index (κ3) is 4.58. The van der Waals surface area contributed by atoms with E-state index < -0.39 is 17.5 Å². The third-order valence-corrected chi connectivity index (χ3v) is 5.17. The minimum Gasteiger partial charge on any atom is -0.497 e. The second kappa shape index (κ2) is 9.00. The van der Waals surface area contributed by atoms with E-state index in [2.05, 4.69) is 15.5 Å². The van der Waals surface area contributed by atoms with Gasteiger partial charge in [-0.1, -0.05) is 11.8 Å². The quantitative estimate of drug-likeness (QED) is 0.423.